The number of carbonyl (C=O) groups excluding carboxylic acids is 2. The van der Waals surface area contributed by atoms with Crippen molar-refractivity contribution in [2.24, 2.45) is 0 Å². The van der Waals surface area contributed by atoms with Gasteiger partial charge < -0.3 is 4.74 Å². The number of nitrogens with one attached hydrogen (secondary N) is 1. The van der Waals surface area contributed by atoms with Crippen molar-refractivity contribution in [1.82, 2.24) is 9.55 Å². The summed E-state index contributed by atoms with van der Waals surface area (Å²) in [5.41, 5.74) is -2.10. The van der Waals surface area contributed by atoms with Crippen molar-refractivity contribution < 1.29 is 27.5 Å². The van der Waals surface area contributed by atoms with Crippen LogP contribution in [0.5, 0.6) is 0 Å². The maximum atomic E-state index is 12.7. The number of fused-ring (bicyclic) bond motifs is 1. The number of rotatable bonds is 2. The van der Waals surface area contributed by atoms with Crippen molar-refractivity contribution in [3.05, 3.63) is 11.4 Å². The Kier molecular flexibility index (Phi) is 2.76. The van der Waals surface area contributed by atoms with Gasteiger partial charge in [-0.3, -0.25) is 14.7 Å². The fourth-order valence-electron chi connectivity index (χ4n) is 1.61. The van der Waals surface area contributed by atoms with Crippen LogP contribution in [0.3, 0.4) is 0 Å². The predicted molar refractivity (Wildman–Crippen MR) is 51.8 cm³/mol. The van der Waals surface area contributed by atoms with Crippen LogP contribution >= 0.6 is 0 Å². The molecule has 6 nitrogen and oxygen atoms in total. The van der Waals surface area contributed by atoms with Gasteiger partial charge in [0, 0.05) is 0 Å². The highest BCUT2D eigenvalue weighted by atomic mass is 19.4. The highest BCUT2D eigenvalue weighted by Crippen LogP contribution is 2.34. The van der Waals surface area contributed by atoms with E-state index in [0.29, 0.717) is 0 Å². The number of hydrogen-bond donors (Lipinski definition) is 1. The number of halogens is 3. The van der Waals surface area contributed by atoms with Crippen molar-refractivity contribution in [3.63, 3.8) is 0 Å². The average molecular weight is 263 g/mol. The average Bonchev–Trinajstić information content (AvgIpc) is 2.72. The number of alkyl halides is 3. The molecule has 0 saturated carbocycles. The minimum absolute atomic E-state index is 0.0714. The highest BCUT2D eigenvalue weighted by molar-refractivity contribution is 5.97. The Hall–Kier alpha value is -2.06. The summed E-state index contributed by atoms with van der Waals surface area (Å²) in [5, 5.41) is 2.13. The second kappa shape index (κ2) is 4.00. The third-order valence-corrected chi connectivity index (χ3v) is 2.26. The van der Waals surface area contributed by atoms with Crippen LogP contribution in [0.4, 0.5) is 19.1 Å². The van der Waals surface area contributed by atoms with E-state index in [-0.39, 0.29) is 19.1 Å². The molecule has 2 heterocycles. The summed E-state index contributed by atoms with van der Waals surface area (Å²) >= 11 is 0. The van der Waals surface area contributed by atoms with Gasteiger partial charge in [0.25, 0.3) is 0 Å². The normalized spacial score (nSPS) is 14.3. The molecule has 1 aromatic heterocycles. The zero-order chi connectivity index (χ0) is 13.5. The first kappa shape index (κ1) is 12.4. The Labute approximate surface area is 98.7 Å². The van der Waals surface area contributed by atoms with Gasteiger partial charge in [0.15, 0.2) is 11.4 Å². The summed E-state index contributed by atoms with van der Waals surface area (Å²) in [6.45, 7) is 1.01. The molecule has 9 heteroatoms. The molecule has 1 aliphatic heterocycles. The molecule has 0 saturated heterocycles. The molecule has 98 valence electrons. The summed E-state index contributed by atoms with van der Waals surface area (Å²) < 4.78 is 43.5. The van der Waals surface area contributed by atoms with Crippen LogP contribution in [-0.4, -0.2) is 28.0 Å². The van der Waals surface area contributed by atoms with E-state index >= 15 is 0 Å². The number of amides is 1. The monoisotopic (exact) mass is 263 g/mol. The van der Waals surface area contributed by atoms with E-state index in [9.17, 15) is 22.8 Å². The highest BCUT2D eigenvalue weighted by Gasteiger charge is 2.43. The van der Waals surface area contributed by atoms with Gasteiger partial charge in [-0.2, -0.15) is 13.2 Å². The van der Waals surface area contributed by atoms with Crippen LogP contribution in [0.25, 0.3) is 0 Å². The number of anilines is 1. The summed E-state index contributed by atoms with van der Waals surface area (Å²) in [4.78, 5) is 25.8. The van der Waals surface area contributed by atoms with Crippen LogP contribution < -0.4 is 5.32 Å². The van der Waals surface area contributed by atoms with E-state index in [0.717, 1.165) is 4.57 Å². The molecule has 0 unspecified atom stereocenters. The van der Waals surface area contributed by atoms with E-state index in [2.05, 4.69) is 15.0 Å². The number of carbonyl (C=O) groups is 2. The van der Waals surface area contributed by atoms with Crippen LogP contribution in [0.1, 0.15) is 23.1 Å². The van der Waals surface area contributed by atoms with Gasteiger partial charge in [0.2, 0.25) is 11.9 Å². The maximum absolute atomic E-state index is 12.7. The Bertz CT molecular complexity index is 521. The van der Waals surface area contributed by atoms with Gasteiger partial charge in [-0.25, -0.2) is 9.78 Å². The number of hydrogen-bond acceptors (Lipinski definition) is 4. The second-order valence-corrected chi connectivity index (χ2v) is 3.49. The van der Waals surface area contributed by atoms with E-state index in [1.54, 1.807) is 0 Å². The number of esters is 1. The van der Waals surface area contributed by atoms with Gasteiger partial charge in [-0.1, -0.05) is 0 Å². The fourth-order valence-corrected chi connectivity index (χ4v) is 1.61. The lowest BCUT2D eigenvalue weighted by molar-refractivity contribution is -0.141. The summed E-state index contributed by atoms with van der Waals surface area (Å²) in [5.74, 6) is -1.98. The summed E-state index contributed by atoms with van der Waals surface area (Å²) in [6, 6.07) is 0. The van der Waals surface area contributed by atoms with Crippen molar-refractivity contribution >= 4 is 17.8 Å². The summed E-state index contributed by atoms with van der Waals surface area (Å²) in [6.07, 6.45) is -4.79. The molecule has 0 aromatic carbocycles. The molecular weight excluding hydrogens is 255 g/mol. The van der Waals surface area contributed by atoms with Crippen LogP contribution in [-0.2, 0) is 22.3 Å². The molecule has 1 N–H and O–H groups in total. The molecule has 0 aliphatic carbocycles. The smallest absolute Gasteiger partial charge is 0.435 e. The molecular formula is C9H8F3N3O3. The van der Waals surface area contributed by atoms with Crippen LogP contribution in [0.15, 0.2) is 0 Å². The molecule has 1 amide bonds. The summed E-state index contributed by atoms with van der Waals surface area (Å²) in [7, 11) is 0. The number of nitrogens with zero attached hydrogens (tertiary/aromatic N) is 2. The van der Waals surface area contributed by atoms with Crippen molar-refractivity contribution in [2.75, 3.05) is 11.9 Å². The molecule has 0 fully saturated rings. The van der Waals surface area contributed by atoms with E-state index in [4.69, 9.17) is 0 Å². The Morgan fingerprint density at radius 1 is 1.56 bits per heavy atom. The third kappa shape index (κ3) is 1.91. The third-order valence-electron chi connectivity index (χ3n) is 2.26. The quantitative estimate of drug-likeness (QED) is 0.809. The lowest BCUT2D eigenvalue weighted by atomic mass is 10.3. The van der Waals surface area contributed by atoms with Gasteiger partial charge in [0.05, 0.1) is 6.61 Å². The standard InChI is InChI=1S/C9H8F3N3O3/c1-2-18-7(17)5-6(9(10,11)12)14-8-13-4(16)3-15(5)8/h2-3H2,1H3,(H,13,14,16). The molecule has 2 rings (SSSR count). The van der Waals surface area contributed by atoms with E-state index < -0.39 is 29.4 Å². The molecule has 0 bridgehead atoms. The van der Waals surface area contributed by atoms with Crippen LogP contribution in [0.2, 0.25) is 0 Å². The Morgan fingerprint density at radius 3 is 2.78 bits per heavy atom. The first-order chi connectivity index (χ1) is 8.34. The Balaban J connectivity index is 2.53. The van der Waals surface area contributed by atoms with Crippen LogP contribution in [0, 0.1) is 0 Å². The zero-order valence-corrected chi connectivity index (χ0v) is 9.17. The van der Waals surface area contributed by atoms with Gasteiger partial charge in [-0.15, -0.1) is 0 Å². The molecule has 0 spiro atoms. The second-order valence-electron chi connectivity index (χ2n) is 3.49. The first-order valence-electron chi connectivity index (χ1n) is 4.99. The van der Waals surface area contributed by atoms with Gasteiger partial charge >= 0.3 is 12.1 Å². The topological polar surface area (TPSA) is 73.2 Å². The minimum atomic E-state index is -4.79. The lowest BCUT2D eigenvalue weighted by Crippen LogP contribution is -2.19. The number of ether oxygens (including phenoxy) is 1. The molecule has 18 heavy (non-hydrogen) atoms. The minimum Gasteiger partial charge on any atom is -0.461 e. The van der Waals surface area contributed by atoms with Crippen molar-refractivity contribution in [3.8, 4) is 0 Å². The number of aromatic nitrogens is 2. The van der Waals surface area contributed by atoms with Crippen molar-refractivity contribution in [1.29, 1.82) is 0 Å². The number of imidazole rings is 1. The van der Waals surface area contributed by atoms with E-state index in [1.165, 1.54) is 6.92 Å². The maximum Gasteiger partial charge on any atom is 0.435 e. The first-order valence-corrected chi connectivity index (χ1v) is 4.99. The Morgan fingerprint density at radius 2 is 2.22 bits per heavy atom. The molecule has 0 radical (unpaired) electrons. The molecule has 1 aromatic rings. The SMILES string of the molecule is CCOC(=O)c1c(C(F)(F)F)nc2n1CC(=O)N2. The lowest BCUT2D eigenvalue weighted by Gasteiger charge is -2.08. The predicted octanol–water partition coefficient (Wildman–Crippen LogP) is 1.03. The fraction of sp³-hybridized carbons (Fsp3) is 0.444. The van der Waals surface area contributed by atoms with Gasteiger partial charge in [0.1, 0.15) is 6.54 Å². The van der Waals surface area contributed by atoms with E-state index in [1.807, 2.05) is 0 Å². The van der Waals surface area contributed by atoms with Crippen molar-refractivity contribution in [2.45, 2.75) is 19.6 Å². The molecule has 1 aliphatic rings. The molecule has 0 atom stereocenters. The largest absolute Gasteiger partial charge is 0.461 e. The zero-order valence-electron chi connectivity index (χ0n) is 9.17. The van der Waals surface area contributed by atoms with Gasteiger partial charge in [-0.05, 0) is 6.92 Å².